The zero-order valence-corrected chi connectivity index (χ0v) is 39.2. The molecule has 0 amide bonds. The zero-order valence-electron chi connectivity index (χ0n) is 39.2. The Balaban J connectivity index is 4.29. The lowest BCUT2D eigenvalue weighted by molar-refractivity contribution is -0.889. The lowest BCUT2D eigenvalue weighted by Crippen LogP contribution is -2.55. The first kappa shape index (κ1) is 56.5. The van der Waals surface area contributed by atoms with Crippen LogP contribution in [0.5, 0.6) is 0 Å². The van der Waals surface area contributed by atoms with Crippen molar-refractivity contribution in [2.75, 3.05) is 41.0 Å². The topological polar surface area (TPSA) is 102 Å². The van der Waals surface area contributed by atoms with Crippen LogP contribution in [-0.2, 0) is 28.6 Å². The molecule has 0 fully saturated rings. The fraction of sp³-hybridized carbons (Fsp3) is 0.824. The molecule has 8 nitrogen and oxygen atoms in total. The monoisotopic (exact) mass is 832 g/mol. The van der Waals surface area contributed by atoms with Crippen molar-refractivity contribution in [2.45, 2.75) is 231 Å². The molecule has 0 radical (unpaired) electrons. The third-order valence-electron chi connectivity index (χ3n) is 11.0. The number of allylic oxidation sites excluding steroid dienone is 6. The number of unbranched alkanes of at least 4 members (excludes halogenated alkanes) is 24. The first-order valence-corrected chi connectivity index (χ1v) is 24.5. The Morgan fingerprint density at radius 1 is 0.508 bits per heavy atom. The minimum Gasteiger partial charge on any atom is -0.544 e. The SMILES string of the molecule is CCCCC/C=C\C/C=C\CCCCCCCCCCCC(=O)OC(COCCC(C(=O)[O-])[N+](C)(C)C)COC(=O)CCCCCCC/C=C\CCCCCCCCC. The highest BCUT2D eigenvalue weighted by molar-refractivity contribution is 5.70. The molecule has 0 aromatic carbocycles. The second-order valence-corrected chi connectivity index (χ2v) is 17.7. The van der Waals surface area contributed by atoms with E-state index in [1.54, 1.807) is 21.1 Å². The minimum absolute atomic E-state index is 0.0379. The maximum absolute atomic E-state index is 12.8. The van der Waals surface area contributed by atoms with Crippen LogP contribution < -0.4 is 5.11 Å². The summed E-state index contributed by atoms with van der Waals surface area (Å²) in [5, 5.41) is 11.6. The van der Waals surface area contributed by atoms with E-state index in [0.29, 0.717) is 12.8 Å². The predicted molar refractivity (Wildman–Crippen MR) is 245 cm³/mol. The van der Waals surface area contributed by atoms with Crippen LogP contribution in [0.4, 0.5) is 0 Å². The summed E-state index contributed by atoms with van der Waals surface area (Å²) in [4.78, 5) is 37.0. The lowest BCUT2D eigenvalue weighted by atomic mass is 10.1. The van der Waals surface area contributed by atoms with E-state index in [1.165, 1.54) is 128 Å². The fourth-order valence-corrected chi connectivity index (χ4v) is 7.15. The largest absolute Gasteiger partial charge is 0.544 e. The molecule has 0 aliphatic heterocycles. The Bertz CT molecular complexity index is 1060. The predicted octanol–water partition coefficient (Wildman–Crippen LogP) is 12.5. The van der Waals surface area contributed by atoms with Crippen LogP contribution in [0.1, 0.15) is 219 Å². The number of hydrogen-bond acceptors (Lipinski definition) is 7. The van der Waals surface area contributed by atoms with Crippen molar-refractivity contribution in [3.8, 4) is 0 Å². The Morgan fingerprint density at radius 2 is 0.898 bits per heavy atom. The van der Waals surface area contributed by atoms with Gasteiger partial charge in [-0.25, -0.2) is 0 Å². The van der Waals surface area contributed by atoms with Gasteiger partial charge in [0.2, 0.25) is 0 Å². The van der Waals surface area contributed by atoms with Crippen molar-refractivity contribution in [2.24, 2.45) is 0 Å². The van der Waals surface area contributed by atoms with Crippen LogP contribution in [0.3, 0.4) is 0 Å². The van der Waals surface area contributed by atoms with Crippen molar-refractivity contribution in [3.63, 3.8) is 0 Å². The maximum Gasteiger partial charge on any atom is 0.306 e. The Labute approximate surface area is 364 Å². The van der Waals surface area contributed by atoms with Crippen molar-refractivity contribution < 1.29 is 38.2 Å². The van der Waals surface area contributed by atoms with E-state index in [9.17, 15) is 19.5 Å². The van der Waals surface area contributed by atoms with Crippen LogP contribution in [0, 0.1) is 0 Å². The summed E-state index contributed by atoms with van der Waals surface area (Å²) in [6, 6.07) is -0.727. The number of rotatable bonds is 44. The Kier molecular flexibility index (Phi) is 40.5. The van der Waals surface area contributed by atoms with Gasteiger partial charge in [0.05, 0.1) is 40.3 Å². The van der Waals surface area contributed by atoms with Crippen LogP contribution in [0.25, 0.3) is 0 Å². The lowest BCUT2D eigenvalue weighted by Gasteiger charge is -2.34. The zero-order chi connectivity index (χ0) is 43.5. The molecule has 0 saturated carbocycles. The summed E-state index contributed by atoms with van der Waals surface area (Å²) < 4.78 is 17.2. The average Bonchev–Trinajstić information content (AvgIpc) is 3.19. The molecular formula is C51H93NO7. The van der Waals surface area contributed by atoms with E-state index in [2.05, 4.69) is 50.3 Å². The summed E-state index contributed by atoms with van der Waals surface area (Å²) >= 11 is 0. The number of carboxylic acid groups (broad SMARTS) is 1. The molecule has 2 unspecified atom stereocenters. The number of esters is 2. The summed E-state index contributed by atoms with van der Waals surface area (Å²) in [5.41, 5.74) is 0. The van der Waals surface area contributed by atoms with Gasteiger partial charge in [0.15, 0.2) is 6.10 Å². The molecule has 0 rings (SSSR count). The molecule has 8 heteroatoms. The minimum atomic E-state index is -1.13. The number of carbonyl (C=O) groups is 3. The van der Waals surface area contributed by atoms with Gasteiger partial charge in [0.1, 0.15) is 12.6 Å². The number of ether oxygens (including phenoxy) is 3. The second kappa shape index (κ2) is 42.2. The average molecular weight is 832 g/mol. The van der Waals surface area contributed by atoms with Crippen LogP contribution >= 0.6 is 0 Å². The Morgan fingerprint density at radius 3 is 1.36 bits per heavy atom. The van der Waals surface area contributed by atoms with Gasteiger partial charge < -0.3 is 28.6 Å². The Hall–Kier alpha value is -2.45. The van der Waals surface area contributed by atoms with Gasteiger partial charge in [0.25, 0.3) is 0 Å². The second-order valence-electron chi connectivity index (χ2n) is 17.7. The summed E-state index contributed by atoms with van der Waals surface area (Å²) in [5.74, 6) is -1.74. The molecule has 0 saturated heterocycles. The number of likely N-dealkylation sites (N-methyl/N-ethyl adjacent to an activating group) is 1. The number of hydrogen-bond donors (Lipinski definition) is 0. The third kappa shape index (κ3) is 40.7. The fourth-order valence-electron chi connectivity index (χ4n) is 7.15. The van der Waals surface area contributed by atoms with E-state index in [-0.39, 0.29) is 42.7 Å². The highest BCUT2D eigenvalue weighted by atomic mass is 16.6. The molecule has 0 aromatic heterocycles. The highest BCUT2D eigenvalue weighted by Crippen LogP contribution is 2.15. The van der Waals surface area contributed by atoms with Gasteiger partial charge in [-0.2, -0.15) is 0 Å². The van der Waals surface area contributed by atoms with Gasteiger partial charge in [-0.05, 0) is 70.6 Å². The number of nitrogens with zero attached hydrogens (tertiary/aromatic N) is 1. The van der Waals surface area contributed by atoms with E-state index in [0.717, 1.165) is 57.8 Å². The van der Waals surface area contributed by atoms with Crippen molar-refractivity contribution in [1.29, 1.82) is 0 Å². The van der Waals surface area contributed by atoms with Crippen molar-refractivity contribution in [1.82, 2.24) is 0 Å². The van der Waals surface area contributed by atoms with Gasteiger partial charge in [-0.15, -0.1) is 0 Å². The highest BCUT2D eigenvalue weighted by Gasteiger charge is 2.25. The molecule has 344 valence electrons. The molecule has 0 bridgehead atoms. The van der Waals surface area contributed by atoms with Crippen LogP contribution in [-0.4, -0.2) is 75.5 Å². The number of carboxylic acids is 1. The summed E-state index contributed by atoms with van der Waals surface area (Å²) in [6.07, 6.45) is 48.8. The molecule has 59 heavy (non-hydrogen) atoms. The van der Waals surface area contributed by atoms with Crippen LogP contribution in [0.15, 0.2) is 36.5 Å². The van der Waals surface area contributed by atoms with E-state index < -0.39 is 18.1 Å². The van der Waals surface area contributed by atoms with Crippen molar-refractivity contribution >= 4 is 17.9 Å². The van der Waals surface area contributed by atoms with Gasteiger partial charge >= 0.3 is 11.9 Å². The van der Waals surface area contributed by atoms with E-state index in [1.807, 2.05) is 0 Å². The molecule has 0 aliphatic rings. The van der Waals surface area contributed by atoms with E-state index in [4.69, 9.17) is 14.2 Å². The van der Waals surface area contributed by atoms with E-state index >= 15 is 0 Å². The summed E-state index contributed by atoms with van der Waals surface area (Å²) in [7, 11) is 5.41. The third-order valence-corrected chi connectivity index (χ3v) is 11.0. The number of carbonyl (C=O) groups excluding carboxylic acids is 3. The first-order chi connectivity index (χ1) is 28.6. The van der Waals surface area contributed by atoms with Gasteiger partial charge in [-0.3, -0.25) is 9.59 Å². The maximum atomic E-state index is 12.8. The first-order valence-electron chi connectivity index (χ1n) is 24.5. The summed E-state index contributed by atoms with van der Waals surface area (Å²) in [6.45, 7) is 4.64. The normalized spacial score (nSPS) is 13.2. The molecule has 0 N–H and O–H groups in total. The molecule has 0 aromatic rings. The van der Waals surface area contributed by atoms with Gasteiger partial charge in [0, 0.05) is 19.3 Å². The molecule has 0 spiro atoms. The number of aliphatic carboxylic acids is 1. The molecule has 0 aliphatic carbocycles. The van der Waals surface area contributed by atoms with Gasteiger partial charge in [-0.1, -0.05) is 166 Å². The molecule has 0 heterocycles. The quantitative estimate of drug-likeness (QED) is 0.0261. The van der Waals surface area contributed by atoms with Crippen molar-refractivity contribution in [3.05, 3.63) is 36.5 Å². The van der Waals surface area contributed by atoms with Crippen LogP contribution in [0.2, 0.25) is 0 Å². The smallest absolute Gasteiger partial charge is 0.306 e. The molecular weight excluding hydrogens is 739 g/mol. The molecule has 2 atom stereocenters. The standard InChI is InChI=1S/C51H93NO7/c1-6-8-10-12-14-16-18-20-22-24-25-26-28-30-32-34-36-38-40-42-50(54)59-47(45-57-44-43-48(51(55)56)52(3,4)5)46-58-49(53)41-39-37-35-33-31-29-27-23-21-19-17-15-13-11-9-7-2/h14,16,20,22-23,27,47-48H,6-13,15,17-19,21,24-26,28-46H2,1-5H3/b16-14-,22-20-,27-23-. The number of quaternary nitrogens is 1.